The van der Waals surface area contributed by atoms with Gasteiger partial charge in [0.05, 0.1) is 11.9 Å². The number of nitrogens with zero attached hydrogens (tertiary/aromatic N) is 2. The van der Waals surface area contributed by atoms with Gasteiger partial charge in [0.1, 0.15) is 6.04 Å². The zero-order valence-electron chi connectivity index (χ0n) is 22.9. The standard InChI is InChI=1S/C30H35Cl2N3O4S/c1-4-33-30(37)28(20-23-12-6-5-7-13-23)34(21-24-14-8-9-15-26(24)32)29(36)18-11-19-35(40(3,38)39)27-17-10-16-25(31)22(27)2/h5-10,12-17,28H,4,11,18-21H2,1-3H3,(H,33,37)/t28-/m0/s1. The van der Waals surface area contributed by atoms with Crippen molar-refractivity contribution in [3.8, 4) is 0 Å². The lowest BCUT2D eigenvalue weighted by Crippen LogP contribution is -2.50. The van der Waals surface area contributed by atoms with E-state index in [1.165, 1.54) is 4.31 Å². The number of nitrogens with one attached hydrogen (secondary N) is 1. The lowest BCUT2D eigenvalue weighted by molar-refractivity contribution is -0.141. The van der Waals surface area contributed by atoms with Gasteiger partial charge in [-0.25, -0.2) is 8.42 Å². The van der Waals surface area contributed by atoms with E-state index in [9.17, 15) is 18.0 Å². The molecule has 40 heavy (non-hydrogen) atoms. The lowest BCUT2D eigenvalue weighted by Gasteiger charge is -2.32. The highest BCUT2D eigenvalue weighted by molar-refractivity contribution is 7.92. The van der Waals surface area contributed by atoms with Gasteiger partial charge < -0.3 is 10.2 Å². The minimum Gasteiger partial charge on any atom is -0.355 e. The maximum Gasteiger partial charge on any atom is 0.243 e. The molecule has 0 aliphatic carbocycles. The summed E-state index contributed by atoms with van der Waals surface area (Å²) in [6, 6.07) is 21.0. The van der Waals surface area contributed by atoms with E-state index in [-0.39, 0.29) is 37.7 Å². The molecule has 0 saturated heterocycles. The summed E-state index contributed by atoms with van der Waals surface area (Å²) in [5.41, 5.74) is 2.74. The fourth-order valence-electron chi connectivity index (χ4n) is 4.50. The molecule has 7 nitrogen and oxygen atoms in total. The summed E-state index contributed by atoms with van der Waals surface area (Å²) in [6.45, 7) is 4.22. The van der Waals surface area contributed by atoms with Gasteiger partial charge >= 0.3 is 0 Å². The summed E-state index contributed by atoms with van der Waals surface area (Å²) < 4.78 is 26.6. The van der Waals surface area contributed by atoms with E-state index >= 15 is 0 Å². The van der Waals surface area contributed by atoms with Crippen LogP contribution in [-0.2, 0) is 32.6 Å². The Balaban J connectivity index is 1.89. The fraction of sp³-hybridized carbons (Fsp3) is 0.333. The second-order valence-electron chi connectivity index (χ2n) is 9.54. The van der Waals surface area contributed by atoms with Gasteiger partial charge in [0, 0.05) is 42.5 Å². The maximum atomic E-state index is 13.8. The number of anilines is 1. The van der Waals surface area contributed by atoms with E-state index in [0.29, 0.717) is 39.8 Å². The van der Waals surface area contributed by atoms with Gasteiger partial charge in [-0.2, -0.15) is 0 Å². The normalized spacial score (nSPS) is 12.0. The molecule has 3 aromatic rings. The molecule has 0 radical (unpaired) electrons. The highest BCUT2D eigenvalue weighted by Crippen LogP contribution is 2.29. The summed E-state index contributed by atoms with van der Waals surface area (Å²) in [7, 11) is -3.64. The van der Waals surface area contributed by atoms with Crippen molar-refractivity contribution in [1.82, 2.24) is 10.2 Å². The molecular formula is C30H35Cl2N3O4S. The van der Waals surface area contributed by atoms with Crippen molar-refractivity contribution >= 4 is 50.7 Å². The predicted octanol–water partition coefficient (Wildman–Crippen LogP) is 5.62. The van der Waals surface area contributed by atoms with Crippen molar-refractivity contribution in [2.24, 2.45) is 0 Å². The Bertz CT molecular complexity index is 1420. The Morgan fingerprint density at radius 1 is 0.925 bits per heavy atom. The van der Waals surface area contributed by atoms with Crippen LogP contribution in [0.4, 0.5) is 5.69 Å². The first-order valence-electron chi connectivity index (χ1n) is 13.1. The highest BCUT2D eigenvalue weighted by atomic mass is 35.5. The van der Waals surface area contributed by atoms with Crippen molar-refractivity contribution in [1.29, 1.82) is 0 Å². The topological polar surface area (TPSA) is 86.8 Å². The molecule has 2 amide bonds. The van der Waals surface area contributed by atoms with E-state index < -0.39 is 16.1 Å². The third-order valence-electron chi connectivity index (χ3n) is 6.58. The Morgan fingerprint density at radius 2 is 1.57 bits per heavy atom. The number of sulfonamides is 1. The lowest BCUT2D eigenvalue weighted by atomic mass is 10.0. The minimum absolute atomic E-state index is 0.0286. The smallest absolute Gasteiger partial charge is 0.243 e. The van der Waals surface area contributed by atoms with Crippen LogP contribution in [0.1, 0.15) is 36.5 Å². The Morgan fingerprint density at radius 3 is 2.23 bits per heavy atom. The van der Waals surface area contributed by atoms with Crippen molar-refractivity contribution in [2.75, 3.05) is 23.7 Å². The van der Waals surface area contributed by atoms with Crippen molar-refractivity contribution in [3.05, 3.63) is 99.5 Å². The Labute approximate surface area is 247 Å². The van der Waals surface area contributed by atoms with Crippen LogP contribution >= 0.6 is 23.2 Å². The Hall–Kier alpha value is -3.07. The molecule has 0 unspecified atom stereocenters. The van der Waals surface area contributed by atoms with Crippen molar-refractivity contribution < 1.29 is 18.0 Å². The summed E-state index contributed by atoms with van der Waals surface area (Å²) in [6.07, 6.45) is 1.72. The first kappa shape index (κ1) is 31.5. The van der Waals surface area contributed by atoms with Crippen LogP contribution in [0.15, 0.2) is 72.8 Å². The van der Waals surface area contributed by atoms with Gasteiger partial charge in [0.25, 0.3) is 0 Å². The maximum absolute atomic E-state index is 13.8. The number of rotatable bonds is 13. The molecular weight excluding hydrogens is 569 g/mol. The number of likely N-dealkylation sites (N-methyl/N-ethyl adjacent to an activating group) is 1. The van der Waals surface area contributed by atoms with Gasteiger partial charge in [-0.1, -0.05) is 77.8 Å². The average Bonchev–Trinajstić information content (AvgIpc) is 2.91. The zero-order valence-corrected chi connectivity index (χ0v) is 25.3. The molecule has 0 bridgehead atoms. The van der Waals surface area contributed by atoms with Crippen molar-refractivity contribution in [3.63, 3.8) is 0 Å². The number of benzene rings is 3. The van der Waals surface area contributed by atoms with Gasteiger partial charge in [-0.3, -0.25) is 13.9 Å². The van der Waals surface area contributed by atoms with Gasteiger partial charge in [0.15, 0.2) is 0 Å². The number of hydrogen-bond donors (Lipinski definition) is 1. The summed E-state index contributed by atoms with van der Waals surface area (Å²) in [5.74, 6) is -0.539. The molecule has 3 aromatic carbocycles. The number of carbonyl (C=O) groups is 2. The molecule has 0 aliphatic heterocycles. The summed E-state index contributed by atoms with van der Waals surface area (Å²) in [4.78, 5) is 28.7. The van der Waals surface area contributed by atoms with Gasteiger partial charge in [-0.15, -0.1) is 0 Å². The second-order valence-corrected chi connectivity index (χ2v) is 12.3. The van der Waals surface area contributed by atoms with Crippen LogP contribution in [0.3, 0.4) is 0 Å². The van der Waals surface area contributed by atoms with E-state index in [1.54, 1.807) is 42.2 Å². The van der Waals surface area contributed by atoms with Crippen LogP contribution in [-0.4, -0.2) is 50.5 Å². The SMILES string of the molecule is CCNC(=O)[C@H](Cc1ccccc1)N(Cc1ccccc1Cl)C(=O)CCCN(c1cccc(Cl)c1C)S(C)(=O)=O. The van der Waals surface area contributed by atoms with Crippen LogP contribution in [0.5, 0.6) is 0 Å². The zero-order chi connectivity index (χ0) is 29.3. The molecule has 214 valence electrons. The second kappa shape index (κ2) is 14.5. The largest absolute Gasteiger partial charge is 0.355 e. The molecule has 0 saturated carbocycles. The molecule has 1 atom stereocenters. The molecule has 3 rings (SSSR count). The molecule has 0 spiro atoms. The Kier molecular flexibility index (Phi) is 11.4. The molecule has 0 fully saturated rings. The monoisotopic (exact) mass is 603 g/mol. The van der Waals surface area contributed by atoms with E-state index in [1.807, 2.05) is 49.4 Å². The van der Waals surface area contributed by atoms with Crippen LogP contribution < -0.4 is 9.62 Å². The fourth-order valence-corrected chi connectivity index (χ4v) is 5.89. The number of carbonyl (C=O) groups excluding carboxylic acids is 2. The van der Waals surface area contributed by atoms with Gasteiger partial charge in [-0.05, 0) is 55.2 Å². The van der Waals surface area contributed by atoms with E-state index in [4.69, 9.17) is 23.2 Å². The molecule has 0 aliphatic rings. The molecule has 10 heteroatoms. The van der Waals surface area contributed by atoms with Gasteiger partial charge in [0.2, 0.25) is 21.8 Å². The van der Waals surface area contributed by atoms with Crippen LogP contribution in [0.25, 0.3) is 0 Å². The third kappa shape index (κ3) is 8.46. The number of halogens is 2. The first-order chi connectivity index (χ1) is 19.0. The molecule has 0 heterocycles. The summed E-state index contributed by atoms with van der Waals surface area (Å²) in [5, 5.41) is 3.82. The van der Waals surface area contributed by atoms with E-state index in [2.05, 4.69) is 5.32 Å². The predicted molar refractivity (Wildman–Crippen MR) is 162 cm³/mol. The van der Waals surface area contributed by atoms with Crippen LogP contribution in [0, 0.1) is 6.92 Å². The number of amides is 2. The molecule has 1 N–H and O–H groups in total. The summed E-state index contributed by atoms with van der Waals surface area (Å²) >= 11 is 12.7. The first-order valence-corrected chi connectivity index (χ1v) is 15.7. The third-order valence-corrected chi connectivity index (χ3v) is 8.54. The molecule has 0 aromatic heterocycles. The quantitative estimate of drug-likeness (QED) is 0.274. The van der Waals surface area contributed by atoms with Crippen molar-refractivity contribution in [2.45, 2.75) is 45.7 Å². The van der Waals surface area contributed by atoms with E-state index in [0.717, 1.165) is 11.8 Å². The average molecular weight is 605 g/mol. The minimum atomic E-state index is -3.64. The number of hydrogen-bond acceptors (Lipinski definition) is 4. The highest BCUT2D eigenvalue weighted by Gasteiger charge is 2.31. The van der Waals surface area contributed by atoms with Crippen LogP contribution in [0.2, 0.25) is 10.0 Å².